The minimum Gasteiger partial charge on any atom is -0.461 e. The zero-order valence-electron chi connectivity index (χ0n) is 22.8. The third-order valence-corrected chi connectivity index (χ3v) is 7.94. The Morgan fingerprint density at radius 1 is 1.25 bits per heavy atom. The average Bonchev–Trinajstić information content (AvgIpc) is 3.42. The van der Waals surface area contributed by atoms with Crippen LogP contribution in [0.5, 0.6) is 6.01 Å². The van der Waals surface area contributed by atoms with Crippen LogP contribution in [-0.2, 0) is 4.74 Å². The fraction of sp³-hybridized carbons (Fsp3) is 0.680. The van der Waals surface area contributed by atoms with Crippen LogP contribution in [0.3, 0.4) is 0 Å². The molecule has 11 heteroatoms. The summed E-state index contributed by atoms with van der Waals surface area (Å²) in [5.41, 5.74) is -1.41. The van der Waals surface area contributed by atoms with Crippen molar-refractivity contribution in [3.8, 4) is 6.01 Å². The molecule has 0 N–H and O–H groups in total. The van der Waals surface area contributed by atoms with E-state index in [9.17, 15) is 4.79 Å². The van der Waals surface area contributed by atoms with Crippen LogP contribution in [-0.4, -0.2) is 86.8 Å². The Morgan fingerprint density at radius 2 is 1.94 bits per heavy atom. The SMILES string of the molecule is [2H]C([2H])(Oc1nc(N2CC3CC(C2)N3C(=O)OC(C)(C)C)c2cnc(Cl)c(F)c2n1)C12CCCN1CCC2. The number of piperidine rings is 1. The van der Waals surface area contributed by atoms with Gasteiger partial charge in [0.25, 0.3) is 0 Å². The van der Waals surface area contributed by atoms with Crippen molar-refractivity contribution in [3.05, 3.63) is 17.2 Å². The van der Waals surface area contributed by atoms with Gasteiger partial charge in [-0.15, -0.1) is 0 Å². The van der Waals surface area contributed by atoms with Crippen LogP contribution in [0.15, 0.2) is 6.20 Å². The molecule has 1 amide bonds. The number of amides is 1. The van der Waals surface area contributed by atoms with Crippen LogP contribution < -0.4 is 9.64 Å². The smallest absolute Gasteiger partial charge is 0.410 e. The quantitative estimate of drug-likeness (QED) is 0.559. The Labute approximate surface area is 217 Å². The second kappa shape index (κ2) is 8.55. The van der Waals surface area contributed by atoms with Gasteiger partial charge in [-0.2, -0.15) is 9.97 Å². The van der Waals surface area contributed by atoms with Gasteiger partial charge >= 0.3 is 12.1 Å². The maximum absolute atomic E-state index is 15.2. The lowest BCUT2D eigenvalue weighted by Crippen LogP contribution is -2.70. The summed E-state index contributed by atoms with van der Waals surface area (Å²) in [6.07, 6.45) is 5.07. The highest BCUT2D eigenvalue weighted by molar-refractivity contribution is 6.30. The molecule has 5 aliphatic rings. The van der Waals surface area contributed by atoms with Crippen LogP contribution in [0.1, 0.15) is 55.6 Å². The predicted octanol–water partition coefficient (Wildman–Crippen LogP) is 4.02. The van der Waals surface area contributed by atoms with E-state index in [1.54, 1.807) is 4.90 Å². The molecule has 5 fully saturated rings. The molecule has 0 aliphatic carbocycles. The van der Waals surface area contributed by atoms with Crippen LogP contribution in [0.25, 0.3) is 10.9 Å². The van der Waals surface area contributed by atoms with Crippen molar-refractivity contribution in [1.82, 2.24) is 24.8 Å². The Kier molecular flexibility index (Phi) is 5.13. The molecule has 194 valence electrons. The lowest BCUT2D eigenvalue weighted by molar-refractivity contribution is -0.0380. The van der Waals surface area contributed by atoms with Gasteiger partial charge in [0, 0.05) is 19.3 Å². The second-order valence-corrected chi connectivity index (χ2v) is 11.6. The largest absolute Gasteiger partial charge is 0.461 e. The van der Waals surface area contributed by atoms with E-state index in [1.165, 1.54) is 6.20 Å². The normalized spacial score (nSPS) is 26.4. The molecule has 0 aromatic carbocycles. The zero-order chi connectivity index (χ0) is 27.0. The first-order chi connectivity index (χ1) is 17.9. The maximum Gasteiger partial charge on any atom is 0.410 e. The molecular formula is C25H32ClFN6O3. The van der Waals surface area contributed by atoms with E-state index in [0.717, 1.165) is 32.4 Å². The van der Waals surface area contributed by atoms with Gasteiger partial charge < -0.3 is 14.4 Å². The molecule has 2 aromatic heterocycles. The predicted molar refractivity (Wildman–Crippen MR) is 133 cm³/mol. The van der Waals surface area contributed by atoms with Crippen molar-refractivity contribution in [3.63, 3.8) is 0 Å². The van der Waals surface area contributed by atoms with E-state index < -0.39 is 23.5 Å². The molecule has 0 saturated carbocycles. The molecule has 2 bridgehead atoms. The van der Waals surface area contributed by atoms with Gasteiger partial charge in [-0.1, -0.05) is 11.6 Å². The molecule has 0 spiro atoms. The fourth-order valence-corrected chi connectivity index (χ4v) is 6.23. The first-order valence-electron chi connectivity index (χ1n) is 13.6. The van der Waals surface area contributed by atoms with E-state index in [4.69, 9.17) is 23.8 Å². The molecule has 2 aromatic rings. The second-order valence-electron chi connectivity index (χ2n) is 11.2. The number of hydrogen-bond donors (Lipinski definition) is 0. The van der Waals surface area contributed by atoms with Gasteiger partial charge in [0.2, 0.25) is 0 Å². The number of carbonyl (C=O) groups is 1. The number of ether oxygens (including phenoxy) is 2. The lowest BCUT2D eigenvalue weighted by atomic mass is 9.88. The summed E-state index contributed by atoms with van der Waals surface area (Å²) >= 11 is 5.98. The summed E-state index contributed by atoms with van der Waals surface area (Å²) in [7, 11) is 0. The zero-order valence-corrected chi connectivity index (χ0v) is 21.5. The summed E-state index contributed by atoms with van der Waals surface area (Å²) in [6.45, 7) is 6.00. The maximum atomic E-state index is 15.2. The van der Waals surface area contributed by atoms with Crippen molar-refractivity contribution >= 4 is 34.4 Å². The van der Waals surface area contributed by atoms with E-state index in [2.05, 4.69) is 19.9 Å². The highest BCUT2D eigenvalue weighted by atomic mass is 35.5. The highest BCUT2D eigenvalue weighted by Crippen LogP contribution is 2.40. The molecule has 9 nitrogen and oxygen atoms in total. The summed E-state index contributed by atoms with van der Waals surface area (Å²) in [4.78, 5) is 31.4. The number of pyridine rings is 1. The van der Waals surface area contributed by atoms with Gasteiger partial charge in [0.05, 0.1) is 25.8 Å². The van der Waals surface area contributed by atoms with Gasteiger partial charge in [0.15, 0.2) is 11.0 Å². The van der Waals surface area contributed by atoms with E-state index >= 15 is 4.39 Å². The lowest BCUT2D eigenvalue weighted by Gasteiger charge is -2.56. The minimum absolute atomic E-state index is 0.0729. The third kappa shape index (κ3) is 4.02. The number of fused-ring (bicyclic) bond motifs is 4. The molecule has 2 unspecified atom stereocenters. The third-order valence-electron chi connectivity index (χ3n) is 7.67. The van der Waals surface area contributed by atoms with Crippen molar-refractivity contribution < 1.29 is 21.4 Å². The Bertz CT molecular complexity index is 1270. The van der Waals surface area contributed by atoms with E-state index in [0.29, 0.717) is 37.1 Å². The number of rotatable bonds is 4. The number of piperazine rings is 1. The van der Waals surface area contributed by atoms with E-state index in [1.807, 2.05) is 25.7 Å². The molecule has 5 saturated heterocycles. The number of halogens is 2. The van der Waals surface area contributed by atoms with Gasteiger partial charge in [-0.25, -0.2) is 14.2 Å². The van der Waals surface area contributed by atoms with Crippen LogP contribution in [0.4, 0.5) is 15.0 Å². The van der Waals surface area contributed by atoms with Crippen LogP contribution in [0.2, 0.25) is 5.15 Å². The fourth-order valence-electron chi connectivity index (χ4n) is 6.09. The number of nitrogens with zero attached hydrogens (tertiary/aromatic N) is 6. The topological polar surface area (TPSA) is 83.9 Å². The number of aromatic nitrogens is 3. The first-order valence-corrected chi connectivity index (χ1v) is 13.0. The van der Waals surface area contributed by atoms with Crippen molar-refractivity contribution in [2.24, 2.45) is 0 Å². The average molecular weight is 521 g/mol. The highest BCUT2D eigenvalue weighted by Gasteiger charge is 2.49. The molecular weight excluding hydrogens is 487 g/mol. The molecule has 36 heavy (non-hydrogen) atoms. The monoisotopic (exact) mass is 520 g/mol. The summed E-state index contributed by atoms with van der Waals surface area (Å²) in [6, 6.07) is -0.409. The number of anilines is 1. The molecule has 7 rings (SSSR count). The Hall–Kier alpha value is -2.46. The van der Waals surface area contributed by atoms with Gasteiger partial charge in [-0.3, -0.25) is 9.80 Å². The number of hydrogen-bond acceptors (Lipinski definition) is 8. The summed E-state index contributed by atoms with van der Waals surface area (Å²) < 4.78 is 44.4. The van der Waals surface area contributed by atoms with Crippen molar-refractivity contribution in [2.75, 3.05) is 37.6 Å². The molecule has 0 radical (unpaired) electrons. The molecule has 5 aliphatic heterocycles. The first kappa shape index (κ1) is 21.6. The molecule has 7 heterocycles. The van der Waals surface area contributed by atoms with Gasteiger partial charge in [-0.05, 0) is 66.0 Å². The Balaban J connectivity index is 1.32. The molecule has 2 atom stereocenters. The minimum atomic E-state index is -2.07. The van der Waals surface area contributed by atoms with Gasteiger partial charge in [0.1, 0.15) is 23.5 Å². The standard InChI is InChI=1S/C25H32ClFN6O3/c1-24(2,3)36-23(34)33-15-10-16(33)13-31(12-15)21-17-11-28-20(26)18(27)19(17)29-22(30-21)35-14-25-6-4-8-32(25)9-5-7-25/h11,15-16H,4-10,12-14H2,1-3H3/i14D2. The summed E-state index contributed by atoms with van der Waals surface area (Å²) in [5, 5.41) is 0.0245. The number of carbonyl (C=O) groups excluding carboxylic acids is 1. The van der Waals surface area contributed by atoms with Crippen LogP contribution >= 0.6 is 11.6 Å². The van der Waals surface area contributed by atoms with E-state index in [-0.39, 0.29) is 34.9 Å². The van der Waals surface area contributed by atoms with Crippen molar-refractivity contribution in [2.45, 2.75) is 76.1 Å². The summed E-state index contributed by atoms with van der Waals surface area (Å²) in [5.74, 6) is -0.424. The van der Waals surface area contributed by atoms with Crippen molar-refractivity contribution in [1.29, 1.82) is 0 Å². The Morgan fingerprint density at radius 3 is 2.61 bits per heavy atom. The van der Waals surface area contributed by atoms with Crippen LogP contribution in [0, 0.1) is 5.82 Å².